The van der Waals surface area contributed by atoms with Crippen molar-refractivity contribution in [2.45, 2.75) is 113 Å². The number of carbonyl (C=O) groups is 2. The van der Waals surface area contributed by atoms with E-state index >= 15 is 0 Å². The molecule has 0 saturated heterocycles. The first-order valence-electron chi connectivity index (χ1n) is 23.0. The molecule has 8 rings (SSSR count). The van der Waals surface area contributed by atoms with E-state index < -0.39 is 0 Å². The molecule has 6 aromatic rings. The molecule has 0 fully saturated rings. The molecular formula is C57H64Br2N6O2. The van der Waals surface area contributed by atoms with Gasteiger partial charge in [0.05, 0.1) is 23.5 Å². The van der Waals surface area contributed by atoms with Crippen LogP contribution in [0.2, 0.25) is 0 Å². The molecule has 2 amide bonds. The van der Waals surface area contributed by atoms with E-state index in [2.05, 4.69) is 163 Å². The first-order chi connectivity index (χ1) is 31.2. The maximum Gasteiger partial charge on any atom is 0.220 e. The van der Waals surface area contributed by atoms with Crippen molar-refractivity contribution in [1.82, 2.24) is 20.6 Å². The summed E-state index contributed by atoms with van der Waals surface area (Å²) in [6, 6.07) is 29.0. The second-order valence-electron chi connectivity index (χ2n) is 18.1. The van der Waals surface area contributed by atoms with Crippen LogP contribution in [0.4, 0.5) is 0 Å². The van der Waals surface area contributed by atoms with Crippen molar-refractivity contribution < 1.29 is 9.59 Å². The zero-order chi connectivity index (χ0) is 46.1. The Balaban J connectivity index is 0.00000370. The number of halogens is 2. The van der Waals surface area contributed by atoms with E-state index in [0.29, 0.717) is 25.7 Å². The van der Waals surface area contributed by atoms with Crippen molar-refractivity contribution in [3.05, 3.63) is 175 Å². The fourth-order valence-electron chi connectivity index (χ4n) is 9.95. The highest BCUT2D eigenvalue weighted by Gasteiger charge is 2.26. The van der Waals surface area contributed by atoms with E-state index in [1.54, 1.807) is 0 Å². The summed E-state index contributed by atoms with van der Waals surface area (Å²) in [5.41, 5.74) is 19.9. The van der Waals surface area contributed by atoms with Crippen molar-refractivity contribution >= 4 is 90.9 Å². The third kappa shape index (κ3) is 10.7. The first kappa shape index (κ1) is 50.6. The zero-order valence-electron chi connectivity index (χ0n) is 40.5. The average molecular weight is 1020 g/mol. The highest BCUT2D eigenvalue weighted by atomic mass is 79.9. The lowest BCUT2D eigenvalue weighted by atomic mass is 9.93. The number of H-pyrrole nitrogens is 2. The Morgan fingerprint density at radius 3 is 1.33 bits per heavy atom. The second kappa shape index (κ2) is 21.4. The van der Waals surface area contributed by atoms with Crippen LogP contribution >= 0.6 is 34.0 Å². The fourth-order valence-corrected chi connectivity index (χ4v) is 9.95. The molecule has 2 aromatic heterocycles. The standard InChI is InChI=1S/C57H62N6O2.2BrH/c1-32-44(25-27-56(64)62-38(7)46-23-15-19-42-17-11-13-21-48(42)46)36(5)58-52(32)30-54-34(3)50(40(9)60-54)29-51-35(4)55(61-41(51)10)31-53-33(2)45(37(6)59-53)26-28-57(65)63-39(8)47-24-16-20-43-18-12-14-22-49(43)47;;/h11-24,30-31,38-39,58-59H,25-29H2,1-10H3,(H,62,64)(H,63,65);2*1H/b54-30-,55-31-;;/t38-,39-;;/m1../s1. The Kier molecular flexibility index (Phi) is 16.2. The van der Waals surface area contributed by atoms with Gasteiger partial charge in [-0.3, -0.25) is 19.6 Å². The highest BCUT2D eigenvalue weighted by molar-refractivity contribution is 8.93. The predicted octanol–water partition coefficient (Wildman–Crippen LogP) is 14.0. The van der Waals surface area contributed by atoms with Crippen LogP contribution in [0.3, 0.4) is 0 Å². The topological polar surface area (TPSA) is 114 Å². The van der Waals surface area contributed by atoms with Gasteiger partial charge in [0.15, 0.2) is 0 Å². The van der Waals surface area contributed by atoms with E-state index in [4.69, 9.17) is 9.98 Å². The minimum absolute atomic E-state index is 0. The summed E-state index contributed by atoms with van der Waals surface area (Å²) in [5, 5.41) is 11.2. The minimum atomic E-state index is -0.0912. The number of aromatic amines is 2. The van der Waals surface area contributed by atoms with Gasteiger partial charge in [-0.2, -0.15) is 0 Å². The van der Waals surface area contributed by atoms with Gasteiger partial charge in [-0.05, 0) is 171 Å². The number of aryl methyl sites for hydroxylation is 2. The number of carbonyl (C=O) groups excluding carboxylic acids is 2. The molecular weight excluding hydrogens is 960 g/mol. The number of hydrogen-bond donors (Lipinski definition) is 4. The number of hydrogen-bond acceptors (Lipinski definition) is 4. The van der Waals surface area contributed by atoms with Gasteiger partial charge in [0.1, 0.15) is 0 Å². The number of rotatable bonds is 14. The molecule has 348 valence electrons. The zero-order valence-corrected chi connectivity index (χ0v) is 43.9. The van der Waals surface area contributed by atoms with Gasteiger partial charge in [0.25, 0.3) is 0 Å². The number of fused-ring (bicyclic) bond motifs is 2. The molecule has 0 radical (unpaired) electrons. The van der Waals surface area contributed by atoms with Crippen LogP contribution in [-0.2, 0) is 22.4 Å². The molecule has 4 heterocycles. The van der Waals surface area contributed by atoms with E-state index in [0.717, 1.165) is 74.3 Å². The second-order valence-corrected chi connectivity index (χ2v) is 18.1. The number of aromatic nitrogens is 2. The SMILES string of the molecule is Br.Br.CC1=N/C(=C\c2[nH]c(C)c(CCC(=O)N[C@H](C)c3cccc4ccccc34)c2C)C(C)=C1CC1=C(C)/C(=C/c2[nH]c(C)c(CCC(=O)N[C@H](C)c3cccc4ccccc34)c2C)N=C1C. The predicted molar refractivity (Wildman–Crippen MR) is 291 cm³/mol. The molecule has 4 N–H and O–H groups in total. The molecule has 4 aromatic carbocycles. The van der Waals surface area contributed by atoms with E-state index in [1.165, 1.54) is 55.0 Å². The van der Waals surface area contributed by atoms with Gasteiger partial charge in [0.2, 0.25) is 11.8 Å². The molecule has 8 nitrogen and oxygen atoms in total. The molecule has 67 heavy (non-hydrogen) atoms. The molecule has 0 aliphatic carbocycles. The summed E-state index contributed by atoms with van der Waals surface area (Å²) in [4.78, 5) is 43.8. The van der Waals surface area contributed by atoms with Crippen LogP contribution in [0, 0.1) is 27.7 Å². The number of allylic oxidation sites excluding steroid dienone is 4. The van der Waals surface area contributed by atoms with E-state index in [1.807, 2.05) is 24.3 Å². The molecule has 0 unspecified atom stereocenters. The average Bonchev–Trinajstić information content (AvgIpc) is 3.92. The first-order valence-corrected chi connectivity index (χ1v) is 23.0. The van der Waals surface area contributed by atoms with Crippen LogP contribution in [0.1, 0.15) is 129 Å². The molecule has 2 aliphatic rings. The summed E-state index contributed by atoms with van der Waals surface area (Å²) in [7, 11) is 0. The lowest BCUT2D eigenvalue weighted by Gasteiger charge is -2.17. The quantitative estimate of drug-likeness (QED) is 0.0870. The number of amides is 2. The van der Waals surface area contributed by atoms with Crippen molar-refractivity contribution in [3.8, 4) is 0 Å². The van der Waals surface area contributed by atoms with Crippen molar-refractivity contribution in [3.63, 3.8) is 0 Å². The lowest BCUT2D eigenvalue weighted by molar-refractivity contribution is -0.122. The molecule has 0 saturated carbocycles. The monoisotopic (exact) mass is 1020 g/mol. The summed E-state index contributed by atoms with van der Waals surface area (Å²) >= 11 is 0. The summed E-state index contributed by atoms with van der Waals surface area (Å²) < 4.78 is 0. The Morgan fingerprint density at radius 1 is 0.552 bits per heavy atom. The number of benzene rings is 4. The summed E-state index contributed by atoms with van der Waals surface area (Å²) in [5.74, 6) is 0.0853. The van der Waals surface area contributed by atoms with Gasteiger partial charge in [0, 0.05) is 53.5 Å². The van der Waals surface area contributed by atoms with Gasteiger partial charge in [-0.15, -0.1) is 34.0 Å². The third-order valence-corrected chi connectivity index (χ3v) is 13.8. The number of aliphatic imine (C=N–C) groups is 2. The lowest BCUT2D eigenvalue weighted by Crippen LogP contribution is -2.27. The van der Waals surface area contributed by atoms with Crippen LogP contribution in [-0.4, -0.2) is 33.2 Å². The molecule has 0 bridgehead atoms. The molecule has 2 atom stereocenters. The molecule has 0 spiro atoms. The van der Waals surface area contributed by atoms with E-state index in [-0.39, 0.29) is 57.9 Å². The highest BCUT2D eigenvalue weighted by Crippen LogP contribution is 2.37. The molecule has 10 heteroatoms. The van der Waals surface area contributed by atoms with Crippen molar-refractivity contribution in [2.75, 3.05) is 0 Å². The normalized spacial score (nSPS) is 15.8. The van der Waals surface area contributed by atoms with E-state index in [9.17, 15) is 9.59 Å². The number of nitrogens with zero attached hydrogens (tertiary/aromatic N) is 2. The Labute approximate surface area is 416 Å². The van der Waals surface area contributed by atoms with Gasteiger partial charge in [-0.25, -0.2) is 0 Å². The van der Waals surface area contributed by atoms with Gasteiger partial charge in [-0.1, -0.05) is 84.9 Å². The Morgan fingerprint density at radius 2 is 0.925 bits per heavy atom. The van der Waals surface area contributed by atoms with Crippen molar-refractivity contribution in [2.24, 2.45) is 9.98 Å². The van der Waals surface area contributed by atoms with Gasteiger partial charge < -0.3 is 20.6 Å². The van der Waals surface area contributed by atoms with Crippen LogP contribution in [0.5, 0.6) is 0 Å². The fraction of sp³-hybridized carbons (Fsp3) is 0.298. The maximum atomic E-state index is 13.2. The number of nitrogens with one attached hydrogen (secondary N) is 4. The minimum Gasteiger partial charge on any atom is -0.359 e. The van der Waals surface area contributed by atoms with Crippen LogP contribution < -0.4 is 10.6 Å². The van der Waals surface area contributed by atoms with Gasteiger partial charge >= 0.3 is 0 Å². The van der Waals surface area contributed by atoms with Crippen molar-refractivity contribution in [1.29, 1.82) is 0 Å². The van der Waals surface area contributed by atoms with Crippen LogP contribution in [0.15, 0.2) is 129 Å². The summed E-state index contributed by atoms with van der Waals surface area (Å²) in [6.07, 6.45) is 7.19. The summed E-state index contributed by atoms with van der Waals surface area (Å²) in [6.45, 7) is 21.1. The Hall–Kier alpha value is -5.84. The third-order valence-electron chi connectivity index (χ3n) is 13.8. The van der Waals surface area contributed by atoms with Crippen LogP contribution in [0.25, 0.3) is 33.7 Å². The smallest absolute Gasteiger partial charge is 0.220 e. The Bertz CT molecular complexity index is 2870. The maximum absolute atomic E-state index is 13.2. The largest absolute Gasteiger partial charge is 0.359 e. The molecule has 2 aliphatic heterocycles.